The van der Waals surface area contributed by atoms with E-state index >= 15 is 0 Å². The maximum Gasteiger partial charge on any atom is 0.252 e. The molecule has 0 spiro atoms. The molecule has 1 amide bonds. The maximum absolute atomic E-state index is 11.8. The lowest BCUT2D eigenvalue weighted by atomic mass is 10.1. The number of rotatable bonds is 5. The highest BCUT2D eigenvalue weighted by molar-refractivity contribution is 5.93. The van der Waals surface area contributed by atoms with Crippen LogP contribution in [-0.4, -0.2) is 24.0 Å². The molecule has 2 aromatic rings. The summed E-state index contributed by atoms with van der Waals surface area (Å²) in [5, 5.41) is 2.80. The molecule has 4 heteroatoms. The van der Waals surface area contributed by atoms with Crippen molar-refractivity contribution >= 4 is 5.91 Å². The number of ether oxygens (including phenoxy) is 1. The molecular weight excluding hydrogens is 252 g/mol. The molecule has 0 unspecified atom stereocenters. The number of para-hydroxylation sites is 1. The summed E-state index contributed by atoms with van der Waals surface area (Å²) in [7, 11) is 0. The van der Waals surface area contributed by atoms with Crippen LogP contribution >= 0.6 is 0 Å². The van der Waals surface area contributed by atoms with E-state index in [0.717, 1.165) is 16.9 Å². The van der Waals surface area contributed by atoms with Gasteiger partial charge in [-0.1, -0.05) is 18.2 Å². The van der Waals surface area contributed by atoms with Gasteiger partial charge in [0.05, 0.1) is 12.1 Å². The smallest absolute Gasteiger partial charge is 0.252 e. The molecule has 0 bridgehead atoms. The van der Waals surface area contributed by atoms with Crippen LogP contribution in [0.3, 0.4) is 0 Å². The van der Waals surface area contributed by atoms with E-state index in [1.165, 1.54) is 0 Å². The zero-order chi connectivity index (χ0) is 14.4. The number of benzene rings is 1. The second-order valence-electron chi connectivity index (χ2n) is 4.57. The summed E-state index contributed by atoms with van der Waals surface area (Å²) < 4.78 is 5.72. The van der Waals surface area contributed by atoms with E-state index in [-0.39, 0.29) is 5.91 Å². The minimum Gasteiger partial charge on any atom is -0.491 e. The van der Waals surface area contributed by atoms with Crippen LogP contribution in [0.5, 0.6) is 5.75 Å². The molecule has 20 heavy (non-hydrogen) atoms. The normalized spacial score (nSPS) is 10.1. The quantitative estimate of drug-likeness (QED) is 0.849. The van der Waals surface area contributed by atoms with Gasteiger partial charge in [-0.05, 0) is 37.1 Å². The fraction of sp³-hybridized carbons (Fsp3) is 0.250. The number of hydrogen-bond donors (Lipinski definition) is 1. The van der Waals surface area contributed by atoms with Crippen molar-refractivity contribution in [3.63, 3.8) is 0 Å². The van der Waals surface area contributed by atoms with Gasteiger partial charge in [0.2, 0.25) is 0 Å². The van der Waals surface area contributed by atoms with Crippen LogP contribution in [0, 0.1) is 13.8 Å². The molecule has 104 valence electrons. The Bertz CT molecular complexity index is 562. The Morgan fingerprint density at radius 2 is 1.95 bits per heavy atom. The van der Waals surface area contributed by atoms with Crippen LogP contribution in [0.2, 0.25) is 0 Å². The van der Waals surface area contributed by atoms with Gasteiger partial charge in [-0.2, -0.15) is 0 Å². The maximum atomic E-state index is 11.8. The van der Waals surface area contributed by atoms with E-state index < -0.39 is 0 Å². The Labute approximate surface area is 118 Å². The highest BCUT2D eigenvalue weighted by Gasteiger charge is 2.05. The van der Waals surface area contributed by atoms with Gasteiger partial charge in [0.25, 0.3) is 5.91 Å². The molecule has 1 aromatic carbocycles. The first kappa shape index (κ1) is 14.1. The number of aryl methyl sites for hydroxylation is 2. The van der Waals surface area contributed by atoms with Crippen LogP contribution in [0.15, 0.2) is 42.7 Å². The largest absolute Gasteiger partial charge is 0.491 e. The predicted octanol–water partition coefficient (Wildman–Crippen LogP) is 2.51. The first-order valence-electron chi connectivity index (χ1n) is 6.55. The van der Waals surface area contributed by atoms with Gasteiger partial charge in [-0.3, -0.25) is 9.78 Å². The number of carbonyl (C=O) groups is 1. The lowest BCUT2D eigenvalue weighted by Crippen LogP contribution is -2.28. The highest BCUT2D eigenvalue weighted by Crippen LogP contribution is 2.21. The van der Waals surface area contributed by atoms with E-state index in [1.54, 1.807) is 24.5 Å². The van der Waals surface area contributed by atoms with Crippen molar-refractivity contribution in [1.82, 2.24) is 10.3 Å². The number of hydrogen-bond acceptors (Lipinski definition) is 3. The van der Waals surface area contributed by atoms with Crippen LogP contribution in [0.1, 0.15) is 21.5 Å². The standard InChI is InChI=1S/C16H18N2O2/c1-12-5-3-6-13(2)15(12)20-10-9-18-16(19)14-7-4-8-17-11-14/h3-8,11H,9-10H2,1-2H3,(H,18,19). The van der Waals surface area contributed by atoms with Gasteiger partial charge >= 0.3 is 0 Å². The molecule has 0 aliphatic rings. The van der Waals surface area contributed by atoms with Crippen molar-refractivity contribution in [3.8, 4) is 5.75 Å². The molecule has 0 aliphatic heterocycles. The van der Waals surface area contributed by atoms with Crippen LogP contribution in [0.25, 0.3) is 0 Å². The van der Waals surface area contributed by atoms with E-state index in [0.29, 0.717) is 18.7 Å². The van der Waals surface area contributed by atoms with E-state index in [1.807, 2.05) is 32.0 Å². The van der Waals surface area contributed by atoms with E-state index in [2.05, 4.69) is 10.3 Å². The number of amides is 1. The lowest BCUT2D eigenvalue weighted by Gasteiger charge is -2.12. The van der Waals surface area contributed by atoms with E-state index in [4.69, 9.17) is 4.74 Å². The minimum atomic E-state index is -0.136. The van der Waals surface area contributed by atoms with Crippen LogP contribution in [0.4, 0.5) is 0 Å². The van der Waals surface area contributed by atoms with Crippen LogP contribution in [-0.2, 0) is 0 Å². The molecule has 0 atom stereocenters. The Kier molecular flexibility index (Phi) is 4.71. The van der Waals surface area contributed by atoms with Crippen molar-refractivity contribution < 1.29 is 9.53 Å². The zero-order valence-corrected chi connectivity index (χ0v) is 11.7. The molecule has 4 nitrogen and oxygen atoms in total. The number of pyridine rings is 1. The first-order chi connectivity index (χ1) is 9.68. The lowest BCUT2D eigenvalue weighted by molar-refractivity contribution is 0.0946. The summed E-state index contributed by atoms with van der Waals surface area (Å²) in [5.41, 5.74) is 2.76. The molecule has 0 saturated carbocycles. The van der Waals surface area contributed by atoms with Gasteiger partial charge in [-0.25, -0.2) is 0 Å². The summed E-state index contributed by atoms with van der Waals surface area (Å²) >= 11 is 0. The molecule has 2 rings (SSSR count). The van der Waals surface area contributed by atoms with Crippen LogP contribution < -0.4 is 10.1 Å². The van der Waals surface area contributed by atoms with Crippen molar-refractivity contribution in [3.05, 3.63) is 59.4 Å². The number of nitrogens with one attached hydrogen (secondary N) is 1. The molecule has 0 fully saturated rings. The molecule has 0 saturated heterocycles. The van der Waals surface area contributed by atoms with Gasteiger partial charge < -0.3 is 10.1 Å². The number of aromatic nitrogens is 1. The Hall–Kier alpha value is -2.36. The second-order valence-corrected chi connectivity index (χ2v) is 4.57. The van der Waals surface area contributed by atoms with Gasteiger partial charge in [0.15, 0.2) is 0 Å². The van der Waals surface area contributed by atoms with Crippen molar-refractivity contribution in [2.45, 2.75) is 13.8 Å². The Balaban J connectivity index is 1.81. The summed E-state index contributed by atoms with van der Waals surface area (Å²) in [6.07, 6.45) is 3.18. The molecule has 1 aromatic heterocycles. The summed E-state index contributed by atoms with van der Waals surface area (Å²) in [6.45, 7) is 4.92. The monoisotopic (exact) mass is 270 g/mol. The fourth-order valence-corrected chi connectivity index (χ4v) is 1.94. The molecule has 1 N–H and O–H groups in total. The first-order valence-corrected chi connectivity index (χ1v) is 6.55. The van der Waals surface area contributed by atoms with E-state index in [9.17, 15) is 4.79 Å². The summed E-state index contributed by atoms with van der Waals surface area (Å²) in [4.78, 5) is 15.7. The Morgan fingerprint density at radius 1 is 1.20 bits per heavy atom. The Morgan fingerprint density at radius 3 is 2.60 bits per heavy atom. The average molecular weight is 270 g/mol. The molecule has 0 aliphatic carbocycles. The second kappa shape index (κ2) is 6.70. The predicted molar refractivity (Wildman–Crippen MR) is 78.0 cm³/mol. The molecule has 1 heterocycles. The summed E-state index contributed by atoms with van der Waals surface area (Å²) in [6, 6.07) is 9.49. The van der Waals surface area contributed by atoms with Gasteiger partial charge in [-0.15, -0.1) is 0 Å². The van der Waals surface area contributed by atoms with Crippen molar-refractivity contribution in [1.29, 1.82) is 0 Å². The van der Waals surface area contributed by atoms with Crippen molar-refractivity contribution in [2.75, 3.05) is 13.2 Å². The fourth-order valence-electron chi connectivity index (χ4n) is 1.94. The molecule has 0 radical (unpaired) electrons. The average Bonchev–Trinajstić information content (AvgIpc) is 2.46. The molecular formula is C16H18N2O2. The number of carbonyl (C=O) groups excluding carboxylic acids is 1. The van der Waals surface area contributed by atoms with Gasteiger partial charge in [0.1, 0.15) is 12.4 Å². The third kappa shape index (κ3) is 3.57. The minimum absolute atomic E-state index is 0.136. The zero-order valence-electron chi connectivity index (χ0n) is 11.7. The highest BCUT2D eigenvalue weighted by atomic mass is 16.5. The summed E-state index contributed by atoms with van der Waals surface area (Å²) in [5.74, 6) is 0.756. The third-order valence-electron chi connectivity index (χ3n) is 2.97. The third-order valence-corrected chi connectivity index (χ3v) is 2.97. The topological polar surface area (TPSA) is 51.2 Å². The number of nitrogens with zero attached hydrogens (tertiary/aromatic N) is 1. The van der Waals surface area contributed by atoms with Crippen molar-refractivity contribution in [2.24, 2.45) is 0 Å². The SMILES string of the molecule is Cc1cccc(C)c1OCCNC(=O)c1cccnc1. The van der Waals surface area contributed by atoms with Gasteiger partial charge in [0, 0.05) is 12.4 Å².